The van der Waals surface area contributed by atoms with Crippen molar-refractivity contribution in [1.29, 1.82) is 0 Å². The number of rotatable bonds is 5. The first-order chi connectivity index (χ1) is 22.4. The van der Waals surface area contributed by atoms with Crippen LogP contribution in [0.25, 0.3) is 0 Å². The molecule has 1 aliphatic carbocycles. The number of morpholine rings is 1. The van der Waals surface area contributed by atoms with Gasteiger partial charge in [-0.05, 0) is 109 Å². The van der Waals surface area contributed by atoms with E-state index in [1.54, 1.807) is 12.1 Å². The van der Waals surface area contributed by atoms with Gasteiger partial charge in [-0.3, -0.25) is 4.79 Å². The average molecular weight is 631 g/mol. The number of anilines is 3. The van der Waals surface area contributed by atoms with Gasteiger partial charge in [-0.15, -0.1) is 0 Å². The minimum atomic E-state index is -0.887. The Labute approximate surface area is 268 Å². The normalized spacial score (nSPS) is 24.8. The molecule has 3 fully saturated rings. The number of amides is 1. The highest BCUT2D eigenvalue weighted by Crippen LogP contribution is 2.53. The number of nitrogens with zero attached hydrogens (tertiary/aromatic N) is 3. The number of nitrogens with one attached hydrogen (secondary N) is 1. The third kappa shape index (κ3) is 5.30. The molecular formula is C37H41F3N4O2. The molecule has 6 nitrogen and oxygen atoms in total. The van der Waals surface area contributed by atoms with E-state index in [9.17, 15) is 18.0 Å². The molecule has 1 amide bonds. The van der Waals surface area contributed by atoms with Crippen molar-refractivity contribution in [3.8, 4) is 0 Å². The number of halogens is 3. The highest BCUT2D eigenvalue weighted by atomic mass is 19.2. The molecule has 1 spiro atoms. The lowest BCUT2D eigenvalue weighted by atomic mass is 9.73. The molecular weight excluding hydrogens is 589 g/mol. The van der Waals surface area contributed by atoms with E-state index in [4.69, 9.17) is 4.74 Å². The fraction of sp³-hybridized carbons (Fsp3) is 0.486. The minimum Gasteiger partial charge on any atom is -0.381 e. The molecule has 0 aromatic heterocycles. The highest BCUT2D eigenvalue weighted by molar-refractivity contribution is 5.79. The fourth-order valence-electron chi connectivity index (χ4n) is 9.00. The zero-order valence-electron chi connectivity index (χ0n) is 26.1. The first kappa shape index (κ1) is 29.7. The summed E-state index contributed by atoms with van der Waals surface area (Å²) in [4.78, 5) is 20.8. The molecule has 3 atom stereocenters. The van der Waals surface area contributed by atoms with Crippen molar-refractivity contribution in [2.45, 2.75) is 68.4 Å². The molecule has 0 bridgehead atoms. The summed E-state index contributed by atoms with van der Waals surface area (Å²) in [7, 11) is 0. The van der Waals surface area contributed by atoms with E-state index in [0.717, 1.165) is 62.6 Å². The van der Waals surface area contributed by atoms with Gasteiger partial charge in [0.2, 0.25) is 5.91 Å². The molecule has 3 aromatic carbocycles. The smallest absolute Gasteiger partial charge is 0.223 e. The number of fused-ring (bicyclic) bond motifs is 5. The molecule has 1 N–H and O–H groups in total. The summed E-state index contributed by atoms with van der Waals surface area (Å²) < 4.78 is 47.9. The van der Waals surface area contributed by atoms with E-state index < -0.39 is 11.6 Å². The Hall–Kier alpha value is -3.72. The Balaban J connectivity index is 0.981. The van der Waals surface area contributed by atoms with Gasteiger partial charge < -0.3 is 24.8 Å². The van der Waals surface area contributed by atoms with Gasteiger partial charge in [-0.2, -0.15) is 0 Å². The van der Waals surface area contributed by atoms with Crippen molar-refractivity contribution >= 4 is 23.0 Å². The summed E-state index contributed by atoms with van der Waals surface area (Å²) in [5, 5.41) is 3.62. The molecule has 0 saturated carbocycles. The van der Waals surface area contributed by atoms with Gasteiger partial charge in [0.25, 0.3) is 0 Å². The Morgan fingerprint density at radius 3 is 2.67 bits per heavy atom. The van der Waals surface area contributed by atoms with Crippen LogP contribution in [0.15, 0.2) is 54.6 Å². The van der Waals surface area contributed by atoms with Crippen LogP contribution in [0.4, 0.5) is 30.2 Å². The van der Waals surface area contributed by atoms with Gasteiger partial charge in [0, 0.05) is 50.9 Å². The largest absolute Gasteiger partial charge is 0.381 e. The van der Waals surface area contributed by atoms with Gasteiger partial charge in [-0.25, -0.2) is 13.2 Å². The quantitative estimate of drug-likeness (QED) is 0.355. The average Bonchev–Trinajstić information content (AvgIpc) is 3.66. The van der Waals surface area contributed by atoms with Crippen molar-refractivity contribution in [3.05, 3.63) is 88.7 Å². The maximum absolute atomic E-state index is 14.7. The number of carbonyl (C=O) groups excluding carboxylic acids is 1. The Morgan fingerprint density at radius 1 is 0.957 bits per heavy atom. The molecule has 8 rings (SSSR count). The molecule has 0 radical (unpaired) electrons. The molecule has 0 unspecified atom stereocenters. The Kier molecular flexibility index (Phi) is 7.62. The van der Waals surface area contributed by atoms with Crippen molar-refractivity contribution in [3.63, 3.8) is 0 Å². The van der Waals surface area contributed by atoms with Crippen molar-refractivity contribution < 1.29 is 22.7 Å². The minimum absolute atomic E-state index is 0.00308. The molecule has 46 heavy (non-hydrogen) atoms. The van der Waals surface area contributed by atoms with Gasteiger partial charge in [0.15, 0.2) is 11.6 Å². The number of ether oxygens (including phenoxy) is 1. The first-order valence-electron chi connectivity index (χ1n) is 16.9. The zero-order chi connectivity index (χ0) is 31.4. The van der Waals surface area contributed by atoms with Crippen LogP contribution in [0, 0.1) is 17.5 Å². The lowest BCUT2D eigenvalue weighted by Crippen LogP contribution is -2.50. The second-order valence-corrected chi connectivity index (χ2v) is 13.9. The summed E-state index contributed by atoms with van der Waals surface area (Å²) >= 11 is 0. The van der Waals surface area contributed by atoms with E-state index in [1.807, 2.05) is 11.0 Å². The SMILES string of the molecule is O=C(C[C@@H]1CC2(CCN(c3ccc4c(c3)N3CCC[C@H]3CN4)CC2)c2cc(F)ccc21)N1CCOC[C@H]1Cc1ccc(F)c(F)c1. The van der Waals surface area contributed by atoms with Crippen LogP contribution >= 0.6 is 0 Å². The van der Waals surface area contributed by atoms with E-state index >= 15 is 0 Å². The molecule has 4 heterocycles. The lowest BCUT2D eigenvalue weighted by molar-refractivity contribution is -0.140. The predicted molar refractivity (Wildman–Crippen MR) is 173 cm³/mol. The van der Waals surface area contributed by atoms with Gasteiger partial charge in [-0.1, -0.05) is 12.1 Å². The standard InChI is InChI=1S/C37H41F3N4O2/c38-26-4-6-30-25(18-36(45)44-14-15-46-23-29(44)16-24-3-7-32(39)33(40)17-24)21-37(31(30)19-26)9-12-42(13-10-37)27-5-8-34-35(20-27)43-11-1-2-28(43)22-41-34/h3-8,17,19-20,25,28-29,41H,1-2,9-16,18,21-23H2/t25-,28+,29-/m1/s1. The highest BCUT2D eigenvalue weighted by Gasteiger charge is 2.47. The maximum atomic E-state index is 14.7. The number of benzene rings is 3. The van der Waals surface area contributed by atoms with Crippen LogP contribution in [0.5, 0.6) is 0 Å². The molecule has 5 aliphatic rings. The summed E-state index contributed by atoms with van der Waals surface area (Å²) in [5.74, 6) is -1.96. The molecule has 3 saturated heterocycles. The van der Waals surface area contributed by atoms with Gasteiger partial charge >= 0.3 is 0 Å². The van der Waals surface area contributed by atoms with E-state index in [-0.39, 0.29) is 29.1 Å². The second-order valence-electron chi connectivity index (χ2n) is 13.9. The van der Waals surface area contributed by atoms with Crippen LogP contribution in [0.1, 0.15) is 61.1 Å². The Morgan fingerprint density at radius 2 is 1.83 bits per heavy atom. The summed E-state index contributed by atoms with van der Waals surface area (Å²) in [6.45, 7) is 5.16. The molecule has 9 heteroatoms. The molecule has 4 aliphatic heterocycles. The van der Waals surface area contributed by atoms with Crippen LogP contribution < -0.4 is 15.1 Å². The maximum Gasteiger partial charge on any atom is 0.223 e. The van der Waals surface area contributed by atoms with E-state index in [1.165, 1.54) is 42.0 Å². The topological polar surface area (TPSA) is 48.1 Å². The number of carbonyl (C=O) groups is 1. The third-order valence-corrected chi connectivity index (χ3v) is 11.4. The summed E-state index contributed by atoms with van der Waals surface area (Å²) in [6.07, 6.45) is 5.86. The number of hydrogen-bond acceptors (Lipinski definition) is 5. The number of piperidine rings is 1. The molecule has 242 valence electrons. The van der Waals surface area contributed by atoms with Crippen LogP contribution in [-0.4, -0.2) is 68.8 Å². The van der Waals surface area contributed by atoms with Crippen molar-refractivity contribution in [1.82, 2.24) is 4.90 Å². The van der Waals surface area contributed by atoms with E-state index in [2.05, 4.69) is 33.3 Å². The van der Waals surface area contributed by atoms with Gasteiger partial charge in [0.05, 0.1) is 30.6 Å². The third-order valence-electron chi connectivity index (χ3n) is 11.4. The summed E-state index contributed by atoms with van der Waals surface area (Å²) in [6, 6.07) is 16.2. The predicted octanol–water partition coefficient (Wildman–Crippen LogP) is 6.38. The van der Waals surface area contributed by atoms with Crippen molar-refractivity contribution in [2.24, 2.45) is 0 Å². The Bertz CT molecular complexity index is 1640. The number of hydrogen-bond donors (Lipinski definition) is 1. The second kappa shape index (κ2) is 11.8. The zero-order valence-corrected chi connectivity index (χ0v) is 26.1. The fourth-order valence-corrected chi connectivity index (χ4v) is 9.00. The monoisotopic (exact) mass is 630 g/mol. The van der Waals surface area contributed by atoms with Gasteiger partial charge in [0.1, 0.15) is 5.82 Å². The van der Waals surface area contributed by atoms with Crippen LogP contribution in [-0.2, 0) is 21.4 Å². The first-order valence-corrected chi connectivity index (χ1v) is 16.9. The van der Waals surface area contributed by atoms with Crippen molar-refractivity contribution in [2.75, 3.05) is 61.1 Å². The van der Waals surface area contributed by atoms with Crippen LogP contribution in [0.3, 0.4) is 0 Å². The summed E-state index contributed by atoms with van der Waals surface area (Å²) in [5.41, 5.74) is 6.40. The lowest BCUT2D eigenvalue weighted by Gasteiger charge is -2.42. The molecule has 3 aromatic rings. The van der Waals surface area contributed by atoms with E-state index in [0.29, 0.717) is 44.2 Å². The van der Waals surface area contributed by atoms with Crippen LogP contribution in [0.2, 0.25) is 0 Å².